The molecule has 85 heavy (non-hydrogen) atoms. The lowest BCUT2D eigenvalue weighted by Crippen LogP contribution is -2.30. The van der Waals surface area contributed by atoms with E-state index in [1.165, 1.54) is 103 Å². The SMILES string of the molecule is CCCCCC/C=C\C=C/CCCCCCCC(=O)O[C@H](COC(=O)CCCCCCCCCCC(C)C)COP(=O)(O)OC[C@@H](O)COP(=O)(O)OC[C@@H](COC(=O)CCCCCCCCCCC)OC(=O)CCCCCCCCC(C)CC. The first kappa shape index (κ1) is 82.5. The number of unbranched alkanes of at least 4 members (excludes halogenated alkanes) is 29. The van der Waals surface area contributed by atoms with Crippen molar-refractivity contribution in [3.8, 4) is 0 Å². The molecule has 500 valence electrons. The number of carbonyl (C=O) groups is 4. The van der Waals surface area contributed by atoms with Crippen molar-refractivity contribution in [2.45, 2.75) is 323 Å². The van der Waals surface area contributed by atoms with Crippen LogP contribution in [0.4, 0.5) is 0 Å². The predicted molar refractivity (Wildman–Crippen MR) is 340 cm³/mol. The first-order valence-electron chi connectivity index (χ1n) is 33.8. The third-order valence-corrected chi connectivity index (χ3v) is 16.8. The molecule has 0 spiro atoms. The summed E-state index contributed by atoms with van der Waals surface area (Å²) in [6.07, 6.45) is 44.0. The number of esters is 4. The quantitative estimate of drug-likeness (QED) is 0.0169. The third kappa shape index (κ3) is 59.0. The van der Waals surface area contributed by atoms with Crippen LogP contribution in [0.5, 0.6) is 0 Å². The van der Waals surface area contributed by atoms with Crippen molar-refractivity contribution < 1.29 is 80.2 Å². The van der Waals surface area contributed by atoms with Crippen molar-refractivity contribution in [1.82, 2.24) is 0 Å². The summed E-state index contributed by atoms with van der Waals surface area (Å²) < 4.78 is 68.0. The molecule has 0 aliphatic rings. The number of hydrogen-bond acceptors (Lipinski definition) is 15. The van der Waals surface area contributed by atoms with Crippen LogP contribution in [-0.2, 0) is 65.4 Å². The van der Waals surface area contributed by atoms with Gasteiger partial charge in [0.25, 0.3) is 0 Å². The summed E-state index contributed by atoms with van der Waals surface area (Å²) in [4.78, 5) is 72.2. The first-order valence-corrected chi connectivity index (χ1v) is 36.8. The number of carbonyl (C=O) groups excluding carboxylic acids is 4. The van der Waals surface area contributed by atoms with E-state index in [1.54, 1.807) is 0 Å². The van der Waals surface area contributed by atoms with Crippen LogP contribution in [0.25, 0.3) is 0 Å². The van der Waals surface area contributed by atoms with E-state index in [4.69, 9.17) is 37.0 Å². The number of phosphoric acid groups is 2. The van der Waals surface area contributed by atoms with E-state index in [0.717, 1.165) is 121 Å². The van der Waals surface area contributed by atoms with Gasteiger partial charge in [-0.25, -0.2) is 9.13 Å². The van der Waals surface area contributed by atoms with Crippen molar-refractivity contribution in [2.75, 3.05) is 39.6 Å². The van der Waals surface area contributed by atoms with Crippen LogP contribution in [0.15, 0.2) is 24.3 Å². The van der Waals surface area contributed by atoms with Crippen molar-refractivity contribution >= 4 is 39.5 Å². The molecule has 0 aliphatic carbocycles. The van der Waals surface area contributed by atoms with Gasteiger partial charge in [0, 0.05) is 25.7 Å². The molecular formula is C66H124O17P2. The zero-order valence-electron chi connectivity index (χ0n) is 54.4. The lowest BCUT2D eigenvalue weighted by atomic mass is 10.00. The zero-order valence-corrected chi connectivity index (χ0v) is 56.2. The monoisotopic (exact) mass is 1250 g/mol. The Hall–Kier alpha value is -2.46. The van der Waals surface area contributed by atoms with Gasteiger partial charge in [0.05, 0.1) is 26.4 Å². The summed E-state index contributed by atoms with van der Waals surface area (Å²) in [6, 6.07) is 0. The second-order valence-corrected chi connectivity index (χ2v) is 26.8. The molecule has 6 atom stereocenters. The summed E-state index contributed by atoms with van der Waals surface area (Å²) >= 11 is 0. The van der Waals surface area contributed by atoms with Crippen molar-refractivity contribution in [1.29, 1.82) is 0 Å². The third-order valence-electron chi connectivity index (χ3n) is 14.9. The van der Waals surface area contributed by atoms with Gasteiger partial charge in [-0.1, -0.05) is 252 Å². The Morgan fingerprint density at radius 1 is 0.388 bits per heavy atom. The van der Waals surface area contributed by atoms with Crippen molar-refractivity contribution in [3.05, 3.63) is 24.3 Å². The Morgan fingerprint density at radius 2 is 0.694 bits per heavy atom. The highest BCUT2D eigenvalue weighted by molar-refractivity contribution is 7.47. The lowest BCUT2D eigenvalue weighted by Gasteiger charge is -2.21. The van der Waals surface area contributed by atoms with Gasteiger partial charge in [0.15, 0.2) is 12.2 Å². The number of aliphatic hydroxyl groups is 1. The minimum atomic E-state index is -4.96. The van der Waals surface area contributed by atoms with E-state index >= 15 is 0 Å². The van der Waals surface area contributed by atoms with Crippen molar-refractivity contribution in [2.24, 2.45) is 11.8 Å². The standard InChI is InChI=1S/C66H124O17P2/c1-7-10-12-14-16-18-19-20-21-22-23-25-31-38-44-50-65(70)82-61(54-77-64(69)49-43-37-30-27-26-28-34-40-46-58(4)5)56-80-84(72,73)78-52-60(67)53-79-85(74,75)81-57-62(55-76-63(68)48-42-36-29-24-17-15-13-11-8-2)83-66(71)51-45-39-33-32-35-41-47-59(6)9-3/h18-21,58-62,67H,7-17,22-57H2,1-6H3,(H,72,73)(H,74,75)/b19-18-,21-20-/t59?,60-,61-,62-/m1/s1. The van der Waals surface area contributed by atoms with Gasteiger partial charge >= 0.3 is 39.5 Å². The maximum absolute atomic E-state index is 13.0. The van der Waals surface area contributed by atoms with Crippen LogP contribution < -0.4 is 0 Å². The number of allylic oxidation sites excluding steroid dienone is 4. The zero-order chi connectivity index (χ0) is 62.9. The number of ether oxygens (including phenoxy) is 4. The highest BCUT2D eigenvalue weighted by Crippen LogP contribution is 2.45. The average Bonchev–Trinajstić information content (AvgIpc) is 3.58. The van der Waals surface area contributed by atoms with E-state index in [0.29, 0.717) is 25.7 Å². The smallest absolute Gasteiger partial charge is 0.462 e. The molecule has 0 rings (SSSR count). The molecule has 0 fully saturated rings. The first-order chi connectivity index (χ1) is 40.9. The molecule has 0 saturated carbocycles. The highest BCUT2D eigenvalue weighted by atomic mass is 31.2. The molecule has 0 amide bonds. The van der Waals surface area contributed by atoms with Gasteiger partial charge in [-0.3, -0.25) is 37.3 Å². The molecule has 0 aliphatic heterocycles. The van der Waals surface area contributed by atoms with E-state index in [9.17, 15) is 43.2 Å². The normalized spacial score (nSPS) is 14.8. The highest BCUT2D eigenvalue weighted by Gasteiger charge is 2.30. The fraction of sp³-hybridized carbons (Fsp3) is 0.879. The lowest BCUT2D eigenvalue weighted by molar-refractivity contribution is -0.161. The van der Waals surface area contributed by atoms with Gasteiger partial charge in [0.2, 0.25) is 0 Å². The maximum atomic E-state index is 13.0. The molecule has 3 N–H and O–H groups in total. The van der Waals surface area contributed by atoms with E-state index < -0.39 is 97.5 Å². The number of aliphatic hydroxyl groups excluding tert-OH is 1. The molecule has 0 saturated heterocycles. The number of phosphoric ester groups is 2. The number of hydrogen-bond donors (Lipinski definition) is 3. The summed E-state index contributed by atoms with van der Waals surface area (Å²) in [5.74, 6) is -0.724. The largest absolute Gasteiger partial charge is 0.472 e. The molecular weight excluding hydrogens is 1130 g/mol. The molecule has 0 aromatic carbocycles. The van der Waals surface area contributed by atoms with E-state index in [1.807, 2.05) is 0 Å². The summed E-state index contributed by atoms with van der Waals surface area (Å²) in [5.41, 5.74) is 0. The van der Waals surface area contributed by atoms with Crippen LogP contribution >= 0.6 is 15.6 Å². The Bertz CT molecular complexity index is 1760. The van der Waals surface area contributed by atoms with Gasteiger partial charge in [-0.2, -0.15) is 0 Å². The van der Waals surface area contributed by atoms with E-state index in [2.05, 4.69) is 65.8 Å². The average molecular weight is 1250 g/mol. The van der Waals surface area contributed by atoms with Crippen LogP contribution in [0.3, 0.4) is 0 Å². The Morgan fingerprint density at radius 3 is 1.06 bits per heavy atom. The molecule has 0 aromatic rings. The molecule has 3 unspecified atom stereocenters. The minimum Gasteiger partial charge on any atom is -0.462 e. The number of rotatable bonds is 63. The van der Waals surface area contributed by atoms with Gasteiger partial charge in [-0.15, -0.1) is 0 Å². The van der Waals surface area contributed by atoms with Crippen LogP contribution in [-0.4, -0.2) is 96.7 Å². The predicted octanol–water partition coefficient (Wildman–Crippen LogP) is 18.0. The van der Waals surface area contributed by atoms with Crippen LogP contribution in [0.2, 0.25) is 0 Å². The fourth-order valence-corrected chi connectivity index (χ4v) is 10.9. The van der Waals surface area contributed by atoms with Crippen LogP contribution in [0, 0.1) is 11.8 Å². The van der Waals surface area contributed by atoms with E-state index in [-0.39, 0.29) is 25.7 Å². The topological polar surface area (TPSA) is 237 Å². The molecule has 0 radical (unpaired) electrons. The molecule has 0 heterocycles. The molecule has 17 nitrogen and oxygen atoms in total. The minimum absolute atomic E-state index is 0.0840. The Kier molecular flexibility index (Phi) is 56.3. The fourth-order valence-electron chi connectivity index (χ4n) is 9.31. The molecule has 0 aromatic heterocycles. The summed E-state index contributed by atoms with van der Waals surface area (Å²) in [5, 5.41) is 10.5. The van der Waals surface area contributed by atoms with Gasteiger partial charge < -0.3 is 33.8 Å². The van der Waals surface area contributed by atoms with Crippen LogP contribution in [0.1, 0.15) is 305 Å². The maximum Gasteiger partial charge on any atom is 0.472 e. The summed E-state index contributed by atoms with van der Waals surface area (Å²) in [7, 11) is -9.90. The summed E-state index contributed by atoms with van der Waals surface area (Å²) in [6.45, 7) is 9.34. The second-order valence-electron chi connectivity index (χ2n) is 23.9. The Labute approximate surface area is 516 Å². The van der Waals surface area contributed by atoms with Crippen molar-refractivity contribution in [3.63, 3.8) is 0 Å². The molecule has 0 bridgehead atoms. The molecule has 19 heteroatoms. The Balaban J connectivity index is 5.28. The van der Waals surface area contributed by atoms with Gasteiger partial charge in [0.1, 0.15) is 19.3 Å². The second kappa shape index (κ2) is 57.9. The van der Waals surface area contributed by atoms with Gasteiger partial charge in [-0.05, 0) is 63.2 Å².